The van der Waals surface area contributed by atoms with E-state index in [1.807, 2.05) is 0 Å². The number of para-hydroxylation sites is 2. The molecule has 0 heterocycles. The number of hydrogen-bond donors (Lipinski definition) is 0. The fourth-order valence-corrected chi connectivity index (χ4v) is 6.29. The predicted molar refractivity (Wildman–Crippen MR) is 170 cm³/mol. The van der Waals surface area contributed by atoms with Crippen molar-refractivity contribution >= 4 is 17.1 Å². The highest BCUT2D eigenvalue weighted by Crippen LogP contribution is 2.55. The molecule has 0 bridgehead atoms. The molecule has 0 saturated carbocycles. The molecule has 7 rings (SSSR count). The molecule has 6 aromatic carbocycles. The Hall–Kier alpha value is -4.88. The second-order valence-electron chi connectivity index (χ2n) is 11.0. The van der Waals surface area contributed by atoms with Crippen molar-refractivity contribution in [2.24, 2.45) is 0 Å². The third kappa shape index (κ3) is 3.94. The molecule has 0 spiro atoms. The van der Waals surface area contributed by atoms with Crippen molar-refractivity contribution < 1.29 is 0 Å². The molecule has 1 nitrogen and oxygen atoms in total. The van der Waals surface area contributed by atoms with Crippen LogP contribution >= 0.6 is 0 Å². The molecule has 40 heavy (non-hydrogen) atoms. The Morgan fingerprint density at radius 1 is 0.425 bits per heavy atom. The maximum atomic E-state index is 2.45. The molecule has 0 saturated heterocycles. The number of anilines is 3. The van der Waals surface area contributed by atoms with Crippen molar-refractivity contribution in [2.45, 2.75) is 19.3 Å². The Labute approximate surface area is 237 Å². The first-order valence-electron chi connectivity index (χ1n) is 14.0. The van der Waals surface area contributed by atoms with Gasteiger partial charge in [0.05, 0.1) is 5.69 Å². The molecule has 0 N–H and O–H groups in total. The SMILES string of the molecule is CC1(C)c2cc(N(c3ccccc3)c3ccccc3)c(-c3ccccc3)cc2-c2c(-c3ccccc3)cccc21. The van der Waals surface area contributed by atoms with Crippen LogP contribution in [-0.4, -0.2) is 0 Å². The molecule has 0 unspecified atom stereocenters. The van der Waals surface area contributed by atoms with Crippen LogP contribution in [0.4, 0.5) is 17.1 Å². The van der Waals surface area contributed by atoms with Gasteiger partial charge in [-0.2, -0.15) is 0 Å². The van der Waals surface area contributed by atoms with Crippen molar-refractivity contribution in [1.82, 2.24) is 0 Å². The van der Waals surface area contributed by atoms with Gasteiger partial charge in [-0.15, -0.1) is 0 Å². The maximum Gasteiger partial charge on any atom is 0.0543 e. The van der Waals surface area contributed by atoms with Crippen molar-refractivity contribution in [3.63, 3.8) is 0 Å². The van der Waals surface area contributed by atoms with E-state index in [9.17, 15) is 0 Å². The fourth-order valence-electron chi connectivity index (χ4n) is 6.29. The minimum absolute atomic E-state index is 0.140. The predicted octanol–water partition coefficient (Wildman–Crippen LogP) is 10.8. The highest BCUT2D eigenvalue weighted by atomic mass is 15.1. The van der Waals surface area contributed by atoms with Gasteiger partial charge in [0.1, 0.15) is 0 Å². The lowest BCUT2D eigenvalue weighted by molar-refractivity contribution is 0.660. The van der Waals surface area contributed by atoms with Gasteiger partial charge >= 0.3 is 0 Å². The van der Waals surface area contributed by atoms with Crippen LogP contribution < -0.4 is 4.90 Å². The van der Waals surface area contributed by atoms with Gasteiger partial charge in [0.2, 0.25) is 0 Å². The van der Waals surface area contributed by atoms with E-state index < -0.39 is 0 Å². The number of hydrogen-bond acceptors (Lipinski definition) is 1. The highest BCUT2D eigenvalue weighted by Gasteiger charge is 2.38. The fraction of sp³-hybridized carbons (Fsp3) is 0.0769. The average molecular weight is 514 g/mol. The molecule has 0 fully saturated rings. The number of benzene rings is 6. The van der Waals surface area contributed by atoms with E-state index >= 15 is 0 Å². The first-order valence-corrected chi connectivity index (χ1v) is 14.0. The third-order valence-electron chi connectivity index (χ3n) is 8.26. The molecule has 1 aliphatic rings. The minimum Gasteiger partial charge on any atom is -0.310 e. The number of rotatable bonds is 5. The summed E-state index contributed by atoms with van der Waals surface area (Å²) in [4.78, 5) is 2.40. The van der Waals surface area contributed by atoms with Gasteiger partial charge in [0.15, 0.2) is 0 Å². The molecule has 0 radical (unpaired) electrons. The summed E-state index contributed by atoms with van der Waals surface area (Å²) in [5.41, 5.74) is 13.7. The van der Waals surface area contributed by atoms with Gasteiger partial charge in [-0.05, 0) is 75.3 Å². The van der Waals surface area contributed by atoms with Crippen LogP contribution in [0, 0.1) is 0 Å². The lowest BCUT2D eigenvalue weighted by atomic mass is 9.81. The Kier molecular flexibility index (Phi) is 5.86. The van der Waals surface area contributed by atoms with Crippen LogP contribution in [0.3, 0.4) is 0 Å². The molecular formula is C39H31N. The van der Waals surface area contributed by atoms with Crippen molar-refractivity contribution in [1.29, 1.82) is 0 Å². The largest absolute Gasteiger partial charge is 0.310 e. The summed E-state index contributed by atoms with van der Waals surface area (Å²) < 4.78 is 0. The van der Waals surface area contributed by atoms with Gasteiger partial charge in [0.25, 0.3) is 0 Å². The lowest BCUT2D eigenvalue weighted by Gasteiger charge is -2.30. The summed E-state index contributed by atoms with van der Waals surface area (Å²) in [6.07, 6.45) is 0. The standard InChI is InChI=1S/C39H31N/c1-39(2)35-25-15-24-32(28-16-7-3-8-17-28)38(35)34-26-33(29-18-9-4-10-19-29)37(27-36(34)39)40(30-20-11-5-12-21-30)31-22-13-6-14-23-31/h3-27H,1-2H3. The van der Waals surface area contributed by atoms with Crippen molar-refractivity contribution in [2.75, 3.05) is 4.90 Å². The van der Waals surface area contributed by atoms with E-state index in [2.05, 4.69) is 170 Å². The van der Waals surface area contributed by atoms with Crippen molar-refractivity contribution in [3.05, 3.63) is 163 Å². The quantitative estimate of drug-likeness (QED) is 0.222. The molecule has 192 valence electrons. The summed E-state index contributed by atoms with van der Waals surface area (Å²) in [6.45, 7) is 4.74. The molecule has 0 aromatic heterocycles. The van der Waals surface area contributed by atoms with Gasteiger partial charge in [-0.25, -0.2) is 0 Å². The van der Waals surface area contributed by atoms with Crippen LogP contribution in [0.2, 0.25) is 0 Å². The zero-order valence-electron chi connectivity index (χ0n) is 22.9. The van der Waals surface area contributed by atoms with Crippen LogP contribution in [0.1, 0.15) is 25.0 Å². The Bertz CT molecular complexity index is 1750. The van der Waals surface area contributed by atoms with E-state index in [4.69, 9.17) is 0 Å². The Morgan fingerprint density at radius 3 is 1.48 bits per heavy atom. The van der Waals surface area contributed by atoms with Crippen molar-refractivity contribution in [3.8, 4) is 33.4 Å². The van der Waals surface area contributed by atoms with Gasteiger partial charge in [-0.3, -0.25) is 0 Å². The zero-order chi connectivity index (χ0) is 27.1. The number of fused-ring (bicyclic) bond motifs is 3. The lowest BCUT2D eigenvalue weighted by Crippen LogP contribution is -2.17. The average Bonchev–Trinajstić information content (AvgIpc) is 3.25. The normalized spacial score (nSPS) is 12.9. The molecule has 1 heteroatoms. The maximum absolute atomic E-state index is 2.45. The highest BCUT2D eigenvalue weighted by molar-refractivity contribution is 5.98. The van der Waals surface area contributed by atoms with E-state index in [0.717, 1.165) is 11.4 Å². The zero-order valence-corrected chi connectivity index (χ0v) is 22.9. The molecule has 1 aliphatic carbocycles. The summed E-state index contributed by atoms with van der Waals surface area (Å²) in [6, 6.07) is 54.7. The summed E-state index contributed by atoms with van der Waals surface area (Å²) in [5.74, 6) is 0. The van der Waals surface area contributed by atoms with E-state index in [1.165, 1.54) is 50.2 Å². The smallest absolute Gasteiger partial charge is 0.0543 e. The Balaban J connectivity index is 1.55. The first-order chi connectivity index (χ1) is 19.6. The monoisotopic (exact) mass is 513 g/mol. The summed E-state index contributed by atoms with van der Waals surface area (Å²) >= 11 is 0. The van der Waals surface area contributed by atoms with Crippen LogP contribution in [0.15, 0.2) is 152 Å². The first kappa shape index (κ1) is 24.2. The van der Waals surface area contributed by atoms with E-state index in [0.29, 0.717) is 0 Å². The van der Waals surface area contributed by atoms with E-state index in [-0.39, 0.29) is 5.41 Å². The van der Waals surface area contributed by atoms with E-state index in [1.54, 1.807) is 0 Å². The second-order valence-corrected chi connectivity index (χ2v) is 11.0. The topological polar surface area (TPSA) is 3.24 Å². The third-order valence-corrected chi connectivity index (χ3v) is 8.26. The molecule has 0 atom stereocenters. The summed E-state index contributed by atoms with van der Waals surface area (Å²) in [5, 5.41) is 0. The Morgan fingerprint density at radius 2 is 0.925 bits per heavy atom. The summed E-state index contributed by atoms with van der Waals surface area (Å²) in [7, 11) is 0. The van der Waals surface area contributed by atoms with Crippen LogP contribution in [0.5, 0.6) is 0 Å². The second kappa shape index (κ2) is 9.70. The molecular weight excluding hydrogens is 482 g/mol. The van der Waals surface area contributed by atoms with Crippen LogP contribution in [-0.2, 0) is 5.41 Å². The van der Waals surface area contributed by atoms with Gasteiger partial charge < -0.3 is 4.90 Å². The minimum atomic E-state index is -0.140. The number of nitrogens with zero attached hydrogens (tertiary/aromatic N) is 1. The molecule has 0 aliphatic heterocycles. The molecule has 0 amide bonds. The molecule has 6 aromatic rings. The van der Waals surface area contributed by atoms with Gasteiger partial charge in [0, 0.05) is 22.4 Å². The van der Waals surface area contributed by atoms with Crippen LogP contribution in [0.25, 0.3) is 33.4 Å². The van der Waals surface area contributed by atoms with Gasteiger partial charge in [-0.1, -0.05) is 129 Å².